The molecule has 100 valence electrons. The molecule has 1 aliphatic rings. The Labute approximate surface area is 105 Å². The van der Waals surface area contributed by atoms with E-state index in [2.05, 4.69) is 24.2 Å². The van der Waals surface area contributed by atoms with Crippen LogP contribution in [0.1, 0.15) is 52.4 Å². The maximum absolute atomic E-state index is 9.26. The van der Waals surface area contributed by atoms with Gasteiger partial charge in [0.2, 0.25) is 0 Å². The van der Waals surface area contributed by atoms with Gasteiger partial charge in [0.1, 0.15) is 0 Å². The van der Waals surface area contributed by atoms with Gasteiger partial charge in [-0.05, 0) is 25.2 Å². The molecule has 0 spiro atoms. The van der Waals surface area contributed by atoms with Crippen molar-refractivity contribution in [2.24, 2.45) is 16.6 Å². The molecule has 0 saturated heterocycles. The smallest absolute Gasteiger partial charge is 0.189 e. The first-order valence-corrected chi connectivity index (χ1v) is 6.82. The fourth-order valence-electron chi connectivity index (χ4n) is 2.40. The van der Waals surface area contributed by atoms with Crippen LogP contribution in [0.4, 0.5) is 0 Å². The van der Waals surface area contributed by atoms with Crippen LogP contribution in [-0.2, 0) is 0 Å². The molecule has 4 N–H and O–H groups in total. The lowest BCUT2D eigenvalue weighted by molar-refractivity contribution is 0.238. The Balaban J connectivity index is 2.39. The second-order valence-electron chi connectivity index (χ2n) is 5.46. The monoisotopic (exact) mass is 241 g/mol. The van der Waals surface area contributed by atoms with Gasteiger partial charge in [-0.25, -0.2) is 0 Å². The molecule has 0 bridgehead atoms. The number of nitrogens with one attached hydrogen (secondary N) is 1. The van der Waals surface area contributed by atoms with Crippen molar-refractivity contribution in [2.75, 3.05) is 6.61 Å². The second-order valence-corrected chi connectivity index (χ2v) is 5.46. The van der Waals surface area contributed by atoms with Crippen LogP contribution in [0.25, 0.3) is 0 Å². The average molecular weight is 241 g/mol. The van der Waals surface area contributed by atoms with E-state index in [1.54, 1.807) is 0 Å². The SMILES string of the molecule is CC(C)CC(CO)NC(N)=NC1CCCCC1. The van der Waals surface area contributed by atoms with Gasteiger partial charge < -0.3 is 16.2 Å². The molecule has 17 heavy (non-hydrogen) atoms. The van der Waals surface area contributed by atoms with E-state index in [1.807, 2.05) is 0 Å². The molecule has 0 heterocycles. The predicted molar refractivity (Wildman–Crippen MR) is 72.0 cm³/mol. The minimum Gasteiger partial charge on any atom is -0.394 e. The Morgan fingerprint density at radius 3 is 2.53 bits per heavy atom. The van der Waals surface area contributed by atoms with E-state index in [0.717, 1.165) is 19.3 Å². The van der Waals surface area contributed by atoms with Gasteiger partial charge >= 0.3 is 0 Å². The third-order valence-corrected chi connectivity index (χ3v) is 3.22. The number of hydrogen-bond donors (Lipinski definition) is 3. The van der Waals surface area contributed by atoms with Crippen LogP contribution in [0.2, 0.25) is 0 Å². The minimum absolute atomic E-state index is 0.0299. The van der Waals surface area contributed by atoms with Crippen molar-refractivity contribution in [3.8, 4) is 0 Å². The molecule has 4 heteroatoms. The largest absolute Gasteiger partial charge is 0.394 e. The van der Waals surface area contributed by atoms with Gasteiger partial charge in [0.25, 0.3) is 0 Å². The van der Waals surface area contributed by atoms with Crippen LogP contribution in [0.15, 0.2) is 4.99 Å². The highest BCUT2D eigenvalue weighted by molar-refractivity contribution is 5.78. The van der Waals surface area contributed by atoms with Gasteiger partial charge in [-0.15, -0.1) is 0 Å². The summed E-state index contributed by atoms with van der Waals surface area (Å²) >= 11 is 0. The fourth-order valence-corrected chi connectivity index (χ4v) is 2.40. The summed E-state index contributed by atoms with van der Waals surface area (Å²) in [4.78, 5) is 4.50. The predicted octanol–water partition coefficient (Wildman–Crippen LogP) is 1.63. The molecule has 0 amide bonds. The molecule has 1 unspecified atom stereocenters. The Kier molecular flexibility index (Phi) is 6.34. The van der Waals surface area contributed by atoms with E-state index < -0.39 is 0 Å². The van der Waals surface area contributed by atoms with Crippen molar-refractivity contribution >= 4 is 5.96 Å². The van der Waals surface area contributed by atoms with Gasteiger partial charge in [0.05, 0.1) is 18.7 Å². The molecule has 4 nitrogen and oxygen atoms in total. The summed E-state index contributed by atoms with van der Waals surface area (Å²) < 4.78 is 0. The summed E-state index contributed by atoms with van der Waals surface area (Å²) in [7, 11) is 0. The van der Waals surface area contributed by atoms with Gasteiger partial charge in [-0.1, -0.05) is 33.1 Å². The number of nitrogens with zero attached hydrogens (tertiary/aromatic N) is 1. The lowest BCUT2D eigenvalue weighted by Gasteiger charge is -2.22. The molecule has 1 saturated carbocycles. The standard InChI is InChI=1S/C13H27N3O/c1-10(2)8-12(9-17)16-13(14)15-11-6-4-3-5-7-11/h10-12,17H,3-9H2,1-2H3,(H3,14,15,16). The van der Waals surface area contributed by atoms with Crippen molar-refractivity contribution in [3.63, 3.8) is 0 Å². The summed E-state index contributed by atoms with van der Waals surface area (Å²) in [6.07, 6.45) is 7.06. The topological polar surface area (TPSA) is 70.6 Å². The Morgan fingerprint density at radius 1 is 1.35 bits per heavy atom. The normalized spacial score (nSPS) is 20.6. The van der Waals surface area contributed by atoms with Crippen molar-refractivity contribution < 1.29 is 5.11 Å². The molecule has 0 aliphatic heterocycles. The molecule has 1 aliphatic carbocycles. The van der Waals surface area contributed by atoms with Crippen LogP contribution < -0.4 is 11.1 Å². The third kappa shape index (κ3) is 5.91. The number of guanidine groups is 1. The van der Waals surface area contributed by atoms with E-state index in [4.69, 9.17) is 5.73 Å². The first kappa shape index (κ1) is 14.3. The van der Waals surface area contributed by atoms with Crippen LogP contribution in [0.5, 0.6) is 0 Å². The van der Waals surface area contributed by atoms with E-state index in [9.17, 15) is 5.11 Å². The van der Waals surface area contributed by atoms with Crippen LogP contribution in [0, 0.1) is 5.92 Å². The average Bonchev–Trinajstić information content (AvgIpc) is 2.28. The number of aliphatic hydroxyl groups excluding tert-OH is 1. The minimum atomic E-state index is 0.0299. The molecule has 0 aromatic carbocycles. The summed E-state index contributed by atoms with van der Waals surface area (Å²) in [5, 5.41) is 12.4. The van der Waals surface area contributed by atoms with Crippen LogP contribution >= 0.6 is 0 Å². The molecule has 0 aromatic heterocycles. The molecule has 1 fully saturated rings. The van der Waals surface area contributed by atoms with Crippen LogP contribution in [-0.4, -0.2) is 29.8 Å². The molecule has 1 rings (SSSR count). The number of aliphatic hydroxyl groups is 1. The third-order valence-electron chi connectivity index (χ3n) is 3.22. The van der Waals surface area contributed by atoms with Crippen molar-refractivity contribution in [1.82, 2.24) is 5.32 Å². The van der Waals surface area contributed by atoms with Gasteiger partial charge in [-0.3, -0.25) is 4.99 Å². The van der Waals surface area contributed by atoms with Gasteiger partial charge in [0.15, 0.2) is 5.96 Å². The van der Waals surface area contributed by atoms with E-state index in [-0.39, 0.29) is 12.6 Å². The Morgan fingerprint density at radius 2 is 2.00 bits per heavy atom. The highest BCUT2D eigenvalue weighted by Gasteiger charge is 2.14. The molecule has 1 atom stereocenters. The number of aliphatic imine (C=N–C) groups is 1. The molecule has 0 radical (unpaired) electrons. The maximum Gasteiger partial charge on any atom is 0.189 e. The summed E-state index contributed by atoms with van der Waals surface area (Å²) in [5.41, 5.74) is 5.88. The number of hydrogen-bond acceptors (Lipinski definition) is 2. The quantitative estimate of drug-likeness (QED) is 0.506. The summed E-state index contributed by atoms with van der Waals surface area (Å²) in [6, 6.07) is 0.414. The first-order valence-electron chi connectivity index (χ1n) is 6.82. The second kappa shape index (κ2) is 7.54. The van der Waals surface area contributed by atoms with Gasteiger partial charge in [0, 0.05) is 0 Å². The van der Waals surface area contributed by atoms with E-state index >= 15 is 0 Å². The Bertz CT molecular complexity index is 235. The number of rotatable bonds is 5. The molecular weight excluding hydrogens is 214 g/mol. The highest BCUT2D eigenvalue weighted by atomic mass is 16.3. The Hall–Kier alpha value is -0.770. The van der Waals surface area contributed by atoms with E-state index in [0.29, 0.717) is 17.9 Å². The van der Waals surface area contributed by atoms with Crippen molar-refractivity contribution in [2.45, 2.75) is 64.5 Å². The molecule has 0 aromatic rings. The summed E-state index contributed by atoms with van der Waals surface area (Å²) in [5.74, 6) is 1.04. The summed E-state index contributed by atoms with van der Waals surface area (Å²) in [6.45, 7) is 4.39. The van der Waals surface area contributed by atoms with Crippen LogP contribution in [0.3, 0.4) is 0 Å². The lowest BCUT2D eigenvalue weighted by atomic mass is 9.96. The van der Waals surface area contributed by atoms with E-state index in [1.165, 1.54) is 19.3 Å². The fraction of sp³-hybridized carbons (Fsp3) is 0.923. The lowest BCUT2D eigenvalue weighted by Crippen LogP contribution is -2.43. The van der Waals surface area contributed by atoms with Crippen molar-refractivity contribution in [1.29, 1.82) is 0 Å². The zero-order valence-electron chi connectivity index (χ0n) is 11.2. The zero-order valence-corrected chi connectivity index (χ0v) is 11.2. The first-order chi connectivity index (χ1) is 8.11. The maximum atomic E-state index is 9.26. The van der Waals surface area contributed by atoms with Gasteiger partial charge in [-0.2, -0.15) is 0 Å². The molecular formula is C13H27N3O. The highest BCUT2D eigenvalue weighted by Crippen LogP contribution is 2.20. The number of nitrogens with two attached hydrogens (primary N) is 1. The van der Waals surface area contributed by atoms with Crippen molar-refractivity contribution in [3.05, 3.63) is 0 Å². The zero-order chi connectivity index (χ0) is 12.7.